The molecular formula is C39H27N. The van der Waals surface area contributed by atoms with E-state index in [2.05, 4.69) is 140 Å². The van der Waals surface area contributed by atoms with Crippen molar-refractivity contribution in [2.75, 3.05) is 0 Å². The number of aromatic amines is 1. The fraction of sp³-hybridized carbons (Fsp3) is 0.0769. The maximum Gasteiger partial charge on any atom is 0.0551 e. The van der Waals surface area contributed by atoms with Crippen LogP contribution in [0.15, 0.2) is 121 Å². The molecular weight excluding hydrogens is 482 g/mol. The molecule has 0 radical (unpaired) electrons. The Morgan fingerprint density at radius 3 is 1.98 bits per heavy atom. The van der Waals surface area contributed by atoms with Gasteiger partial charge in [0.15, 0.2) is 0 Å². The van der Waals surface area contributed by atoms with E-state index in [1.807, 2.05) is 0 Å². The lowest BCUT2D eigenvalue weighted by Gasteiger charge is -2.22. The summed E-state index contributed by atoms with van der Waals surface area (Å²) in [7, 11) is 0. The molecule has 0 aliphatic heterocycles. The number of hydrogen-bond donors (Lipinski definition) is 1. The Morgan fingerprint density at radius 2 is 1.15 bits per heavy atom. The number of rotatable bonds is 1. The monoisotopic (exact) mass is 509 g/mol. The predicted octanol–water partition coefficient (Wildman–Crippen LogP) is 10.8. The molecule has 0 bridgehead atoms. The van der Waals surface area contributed by atoms with Gasteiger partial charge in [0.05, 0.1) is 11.0 Å². The number of para-hydroxylation sites is 1. The summed E-state index contributed by atoms with van der Waals surface area (Å²) in [4.78, 5) is 3.91. The number of benzene rings is 7. The molecule has 40 heavy (non-hydrogen) atoms. The second-order valence-corrected chi connectivity index (χ2v) is 11.8. The van der Waals surface area contributed by atoms with Gasteiger partial charge in [0.25, 0.3) is 0 Å². The van der Waals surface area contributed by atoms with Crippen molar-refractivity contribution in [3.8, 4) is 22.3 Å². The number of aromatic nitrogens is 1. The van der Waals surface area contributed by atoms with Crippen LogP contribution < -0.4 is 0 Å². The maximum absolute atomic E-state index is 3.91. The second-order valence-electron chi connectivity index (χ2n) is 11.8. The van der Waals surface area contributed by atoms with Gasteiger partial charge < -0.3 is 4.98 Å². The summed E-state index contributed by atoms with van der Waals surface area (Å²) in [5.74, 6) is 0. The Hall–Kier alpha value is -4.88. The van der Waals surface area contributed by atoms with Crippen molar-refractivity contribution in [1.82, 2.24) is 4.98 Å². The SMILES string of the molecule is CC1(C)c2cc(-c3cccc4c3[nH]c3c5ccccc5c5ccccc5c43)ccc2-c2c1ccc1ccccc21. The Balaban J connectivity index is 1.34. The van der Waals surface area contributed by atoms with Crippen LogP contribution >= 0.6 is 0 Å². The van der Waals surface area contributed by atoms with Gasteiger partial charge >= 0.3 is 0 Å². The Morgan fingerprint density at radius 1 is 0.475 bits per heavy atom. The van der Waals surface area contributed by atoms with Crippen molar-refractivity contribution >= 4 is 54.1 Å². The quantitative estimate of drug-likeness (QED) is 0.212. The van der Waals surface area contributed by atoms with E-state index in [1.165, 1.54) is 87.5 Å². The van der Waals surface area contributed by atoms with Gasteiger partial charge in [0, 0.05) is 27.1 Å². The molecule has 0 amide bonds. The van der Waals surface area contributed by atoms with Crippen LogP contribution in [0.3, 0.4) is 0 Å². The van der Waals surface area contributed by atoms with E-state index in [4.69, 9.17) is 0 Å². The molecule has 1 aliphatic carbocycles. The first-order valence-corrected chi connectivity index (χ1v) is 14.1. The lowest BCUT2D eigenvalue weighted by Crippen LogP contribution is -2.15. The summed E-state index contributed by atoms with van der Waals surface area (Å²) in [5.41, 5.74) is 10.4. The average Bonchev–Trinajstić information content (AvgIpc) is 3.51. The van der Waals surface area contributed by atoms with Crippen LogP contribution in [0.2, 0.25) is 0 Å². The van der Waals surface area contributed by atoms with E-state index in [0.717, 1.165) is 0 Å². The summed E-state index contributed by atoms with van der Waals surface area (Å²) in [6.07, 6.45) is 0. The molecule has 9 rings (SSSR count). The van der Waals surface area contributed by atoms with Crippen molar-refractivity contribution in [3.05, 3.63) is 132 Å². The van der Waals surface area contributed by atoms with E-state index >= 15 is 0 Å². The Labute approximate surface area is 232 Å². The summed E-state index contributed by atoms with van der Waals surface area (Å²) < 4.78 is 0. The lowest BCUT2D eigenvalue weighted by atomic mass is 9.81. The molecule has 0 spiro atoms. The third-order valence-electron chi connectivity index (χ3n) is 9.39. The van der Waals surface area contributed by atoms with Crippen LogP contribution in [-0.4, -0.2) is 4.98 Å². The minimum absolute atomic E-state index is 0.0640. The van der Waals surface area contributed by atoms with E-state index in [1.54, 1.807) is 0 Å². The molecule has 0 unspecified atom stereocenters. The molecule has 0 saturated carbocycles. The van der Waals surface area contributed by atoms with Gasteiger partial charge in [-0.15, -0.1) is 0 Å². The minimum atomic E-state index is -0.0640. The molecule has 0 fully saturated rings. The molecule has 8 aromatic rings. The molecule has 0 atom stereocenters. The van der Waals surface area contributed by atoms with Gasteiger partial charge in [-0.3, -0.25) is 0 Å². The largest absolute Gasteiger partial charge is 0.353 e. The fourth-order valence-corrected chi connectivity index (χ4v) is 7.49. The number of H-pyrrole nitrogens is 1. The second kappa shape index (κ2) is 7.61. The van der Waals surface area contributed by atoms with Gasteiger partial charge in [-0.25, -0.2) is 0 Å². The molecule has 1 aromatic heterocycles. The van der Waals surface area contributed by atoms with E-state index in [0.29, 0.717) is 0 Å². The average molecular weight is 510 g/mol. The van der Waals surface area contributed by atoms with Gasteiger partial charge in [-0.05, 0) is 60.8 Å². The van der Waals surface area contributed by atoms with Crippen LogP contribution in [0.1, 0.15) is 25.0 Å². The van der Waals surface area contributed by atoms with Crippen molar-refractivity contribution in [3.63, 3.8) is 0 Å². The Bertz CT molecular complexity index is 2350. The summed E-state index contributed by atoms with van der Waals surface area (Å²) in [5, 5.41) is 10.4. The zero-order valence-electron chi connectivity index (χ0n) is 22.5. The van der Waals surface area contributed by atoms with E-state index in [-0.39, 0.29) is 5.41 Å². The molecule has 1 heterocycles. The van der Waals surface area contributed by atoms with Crippen molar-refractivity contribution in [1.29, 1.82) is 0 Å². The fourth-order valence-electron chi connectivity index (χ4n) is 7.49. The number of hydrogen-bond acceptors (Lipinski definition) is 0. The van der Waals surface area contributed by atoms with Crippen LogP contribution in [0, 0.1) is 0 Å². The molecule has 0 saturated heterocycles. The smallest absolute Gasteiger partial charge is 0.0551 e. The highest BCUT2D eigenvalue weighted by Gasteiger charge is 2.36. The van der Waals surface area contributed by atoms with Crippen molar-refractivity contribution in [2.45, 2.75) is 19.3 Å². The number of fused-ring (bicyclic) bond motifs is 13. The zero-order valence-corrected chi connectivity index (χ0v) is 22.5. The highest BCUT2D eigenvalue weighted by molar-refractivity contribution is 6.32. The van der Waals surface area contributed by atoms with Gasteiger partial charge in [0.2, 0.25) is 0 Å². The van der Waals surface area contributed by atoms with Crippen LogP contribution in [-0.2, 0) is 5.41 Å². The normalized spacial score (nSPS) is 13.9. The van der Waals surface area contributed by atoms with E-state index in [9.17, 15) is 0 Å². The molecule has 1 heteroatoms. The van der Waals surface area contributed by atoms with E-state index < -0.39 is 0 Å². The topological polar surface area (TPSA) is 15.8 Å². The number of nitrogens with one attached hydrogen (secondary N) is 1. The van der Waals surface area contributed by atoms with Crippen molar-refractivity contribution < 1.29 is 0 Å². The first-order valence-electron chi connectivity index (χ1n) is 14.1. The Kier molecular flexibility index (Phi) is 4.18. The molecule has 7 aromatic carbocycles. The standard InChI is InChI=1S/C39H27N/c1-39(2)33-21-19-23-10-3-4-11-25(23)35(33)31-20-18-24(22-34(31)39)26-16-9-17-32-36-29-14-7-5-12-27(29)28-13-6-8-15-30(28)38(36)40-37(26)32/h3-22,40H,1-2H3. The highest BCUT2D eigenvalue weighted by Crippen LogP contribution is 2.52. The first-order chi connectivity index (χ1) is 19.6. The summed E-state index contributed by atoms with van der Waals surface area (Å²) in [6.45, 7) is 4.75. The van der Waals surface area contributed by atoms with Gasteiger partial charge in [-0.1, -0.05) is 129 Å². The highest BCUT2D eigenvalue weighted by atomic mass is 14.7. The van der Waals surface area contributed by atoms with Crippen LogP contribution in [0.4, 0.5) is 0 Å². The van der Waals surface area contributed by atoms with Gasteiger partial charge in [-0.2, -0.15) is 0 Å². The van der Waals surface area contributed by atoms with Gasteiger partial charge in [0.1, 0.15) is 0 Å². The minimum Gasteiger partial charge on any atom is -0.353 e. The molecule has 1 aliphatic rings. The molecule has 1 N–H and O–H groups in total. The third kappa shape index (κ3) is 2.72. The zero-order chi connectivity index (χ0) is 26.6. The lowest BCUT2D eigenvalue weighted by molar-refractivity contribution is 0.661. The predicted molar refractivity (Wildman–Crippen MR) is 171 cm³/mol. The third-order valence-corrected chi connectivity index (χ3v) is 9.39. The summed E-state index contributed by atoms with van der Waals surface area (Å²) >= 11 is 0. The van der Waals surface area contributed by atoms with Crippen LogP contribution in [0.25, 0.3) is 76.4 Å². The maximum atomic E-state index is 3.91. The molecule has 188 valence electrons. The van der Waals surface area contributed by atoms with Crippen molar-refractivity contribution in [2.24, 2.45) is 0 Å². The van der Waals surface area contributed by atoms with Crippen LogP contribution in [0.5, 0.6) is 0 Å². The first kappa shape index (κ1) is 22.0. The summed E-state index contributed by atoms with van der Waals surface area (Å²) in [6, 6.07) is 44.9. The molecule has 1 nitrogen and oxygen atoms in total.